The predicted octanol–water partition coefficient (Wildman–Crippen LogP) is 3.60. The van der Waals surface area contributed by atoms with E-state index in [1.165, 1.54) is 11.1 Å². The molecule has 0 amide bonds. The molecular formula is C13H17ClN2. The fourth-order valence-electron chi connectivity index (χ4n) is 2.15. The van der Waals surface area contributed by atoms with Gasteiger partial charge in [-0.2, -0.15) is 0 Å². The zero-order valence-electron chi connectivity index (χ0n) is 9.92. The second kappa shape index (κ2) is 4.48. The topological polar surface area (TPSA) is 17.0 Å². The summed E-state index contributed by atoms with van der Waals surface area (Å²) in [6.45, 7) is 5.25. The van der Waals surface area contributed by atoms with Gasteiger partial charge >= 0.3 is 0 Å². The van der Waals surface area contributed by atoms with Crippen molar-refractivity contribution < 1.29 is 0 Å². The van der Waals surface area contributed by atoms with Gasteiger partial charge in [0.05, 0.1) is 10.5 Å². The molecule has 0 radical (unpaired) electrons. The SMILES string of the molecule is CCn1c(C(C)NC)cc2cccc(Cl)c21. The highest BCUT2D eigenvalue weighted by atomic mass is 35.5. The number of nitrogens with zero attached hydrogens (tertiary/aromatic N) is 1. The molecule has 86 valence electrons. The van der Waals surface area contributed by atoms with Crippen molar-refractivity contribution in [2.24, 2.45) is 0 Å². The highest BCUT2D eigenvalue weighted by Gasteiger charge is 2.13. The highest BCUT2D eigenvalue weighted by Crippen LogP contribution is 2.29. The van der Waals surface area contributed by atoms with E-state index in [4.69, 9.17) is 11.6 Å². The molecule has 16 heavy (non-hydrogen) atoms. The number of benzene rings is 1. The first-order chi connectivity index (χ1) is 7.69. The Balaban J connectivity index is 2.72. The Kier molecular flexibility index (Phi) is 3.22. The van der Waals surface area contributed by atoms with Gasteiger partial charge in [-0.05, 0) is 33.0 Å². The Morgan fingerprint density at radius 2 is 2.19 bits per heavy atom. The van der Waals surface area contributed by atoms with E-state index >= 15 is 0 Å². The number of para-hydroxylation sites is 1. The minimum Gasteiger partial charge on any atom is -0.342 e. The van der Waals surface area contributed by atoms with Crippen molar-refractivity contribution in [3.8, 4) is 0 Å². The lowest BCUT2D eigenvalue weighted by Gasteiger charge is -2.14. The molecule has 1 heterocycles. The smallest absolute Gasteiger partial charge is 0.0672 e. The zero-order chi connectivity index (χ0) is 11.7. The van der Waals surface area contributed by atoms with E-state index in [0.29, 0.717) is 6.04 Å². The molecule has 1 unspecified atom stereocenters. The summed E-state index contributed by atoms with van der Waals surface area (Å²) < 4.78 is 2.28. The Morgan fingerprint density at radius 3 is 2.81 bits per heavy atom. The maximum atomic E-state index is 6.26. The standard InChI is InChI=1S/C13H17ClN2/c1-4-16-12(9(2)15-3)8-10-6-5-7-11(14)13(10)16/h5-9,15H,4H2,1-3H3. The van der Waals surface area contributed by atoms with Gasteiger partial charge < -0.3 is 9.88 Å². The zero-order valence-corrected chi connectivity index (χ0v) is 10.7. The summed E-state index contributed by atoms with van der Waals surface area (Å²) in [6.07, 6.45) is 0. The van der Waals surface area contributed by atoms with Crippen LogP contribution in [0.25, 0.3) is 10.9 Å². The molecule has 1 aromatic heterocycles. The van der Waals surface area contributed by atoms with E-state index in [1.807, 2.05) is 19.2 Å². The van der Waals surface area contributed by atoms with Gasteiger partial charge in [-0.3, -0.25) is 0 Å². The average molecular weight is 237 g/mol. The molecule has 0 aliphatic heterocycles. The third kappa shape index (κ3) is 1.72. The van der Waals surface area contributed by atoms with Crippen molar-refractivity contribution in [1.29, 1.82) is 0 Å². The molecule has 0 spiro atoms. The van der Waals surface area contributed by atoms with Gasteiger partial charge in [-0.25, -0.2) is 0 Å². The highest BCUT2D eigenvalue weighted by molar-refractivity contribution is 6.35. The Bertz CT molecular complexity index is 502. The molecular weight excluding hydrogens is 220 g/mol. The first kappa shape index (κ1) is 11.5. The van der Waals surface area contributed by atoms with Crippen LogP contribution in [-0.4, -0.2) is 11.6 Å². The number of nitrogens with one attached hydrogen (secondary N) is 1. The summed E-state index contributed by atoms with van der Waals surface area (Å²) in [5, 5.41) is 5.31. The fraction of sp³-hybridized carbons (Fsp3) is 0.385. The third-order valence-corrected chi connectivity index (χ3v) is 3.40. The largest absolute Gasteiger partial charge is 0.342 e. The number of aryl methyl sites for hydroxylation is 1. The number of hydrogen-bond acceptors (Lipinski definition) is 1. The number of aromatic nitrogens is 1. The van der Waals surface area contributed by atoms with Crippen LogP contribution in [0.4, 0.5) is 0 Å². The van der Waals surface area contributed by atoms with Crippen LogP contribution in [-0.2, 0) is 6.54 Å². The van der Waals surface area contributed by atoms with E-state index in [-0.39, 0.29) is 0 Å². The molecule has 1 aromatic carbocycles. The molecule has 0 fully saturated rings. The Hall–Kier alpha value is -0.990. The summed E-state index contributed by atoms with van der Waals surface area (Å²) in [7, 11) is 1.98. The number of rotatable bonds is 3. The van der Waals surface area contributed by atoms with Crippen LogP contribution in [0.3, 0.4) is 0 Å². The Labute approximate surface area is 101 Å². The molecule has 2 aromatic rings. The lowest BCUT2D eigenvalue weighted by Crippen LogP contribution is -2.16. The van der Waals surface area contributed by atoms with Crippen LogP contribution in [0.5, 0.6) is 0 Å². The minimum atomic E-state index is 0.336. The summed E-state index contributed by atoms with van der Waals surface area (Å²) in [5.41, 5.74) is 2.43. The van der Waals surface area contributed by atoms with Crippen LogP contribution < -0.4 is 5.32 Å². The van der Waals surface area contributed by atoms with E-state index < -0.39 is 0 Å². The molecule has 2 nitrogen and oxygen atoms in total. The second-order valence-electron chi connectivity index (χ2n) is 4.00. The van der Waals surface area contributed by atoms with Crippen LogP contribution >= 0.6 is 11.6 Å². The summed E-state index contributed by atoms with van der Waals surface area (Å²) in [6, 6.07) is 8.61. The van der Waals surface area contributed by atoms with Crippen LogP contribution in [0.2, 0.25) is 5.02 Å². The van der Waals surface area contributed by atoms with Gasteiger partial charge in [0.2, 0.25) is 0 Å². The van der Waals surface area contributed by atoms with E-state index in [1.54, 1.807) is 0 Å². The first-order valence-corrected chi connectivity index (χ1v) is 6.01. The van der Waals surface area contributed by atoms with Crippen molar-refractivity contribution in [2.75, 3.05) is 7.05 Å². The van der Waals surface area contributed by atoms with Crippen molar-refractivity contribution in [3.05, 3.63) is 35.0 Å². The predicted molar refractivity (Wildman–Crippen MR) is 70.1 cm³/mol. The molecule has 3 heteroatoms. The molecule has 1 N–H and O–H groups in total. The minimum absolute atomic E-state index is 0.336. The maximum Gasteiger partial charge on any atom is 0.0672 e. The van der Waals surface area contributed by atoms with Gasteiger partial charge in [0.25, 0.3) is 0 Å². The van der Waals surface area contributed by atoms with Crippen molar-refractivity contribution in [3.63, 3.8) is 0 Å². The number of fused-ring (bicyclic) bond motifs is 1. The molecule has 0 bridgehead atoms. The van der Waals surface area contributed by atoms with Crippen LogP contribution in [0.1, 0.15) is 25.6 Å². The molecule has 0 saturated heterocycles. The van der Waals surface area contributed by atoms with Crippen molar-refractivity contribution >= 4 is 22.5 Å². The summed E-state index contributed by atoms with van der Waals surface area (Å²) >= 11 is 6.26. The molecule has 0 saturated carbocycles. The van der Waals surface area contributed by atoms with Gasteiger partial charge in [0.1, 0.15) is 0 Å². The average Bonchev–Trinajstić information content (AvgIpc) is 2.68. The Morgan fingerprint density at radius 1 is 1.44 bits per heavy atom. The maximum absolute atomic E-state index is 6.26. The first-order valence-electron chi connectivity index (χ1n) is 5.64. The van der Waals surface area contributed by atoms with Gasteiger partial charge in [0, 0.05) is 23.7 Å². The van der Waals surface area contributed by atoms with Gasteiger partial charge in [0.15, 0.2) is 0 Å². The van der Waals surface area contributed by atoms with Crippen molar-refractivity contribution in [2.45, 2.75) is 26.4 Å². The van der Waals surface area contributed by atoms with Gasteiger partial charge in [-0.15, -0.1) is 0 Å². The molecule has 0 aliphatic carbocycles. The second-order valence-corrected chi connectivity index (χ2v) is 4.41. The number of halogens is 1. The van der Waals surface area contributed by atoms with E-state index in [2.05, 4.69) is 35.9 Å². The number of hydrogen-bond donors (Lipinski definition) is 1. The van der Waals surface area contributed by atoms with Crippen LogP contribution in [0, 0.1) is 0 Å². The van der Waals surface area contributed by atoms with Gasteiger partial charge in [-0.1, -0.05) is 23.7 Å². The quantitative estimate of drug-likeness (QED) is 0.862. The van der Waals surface area contributed by atoms with E-state index in [9.17, 15) is 0 Å². The summed E-state index contributed by atoms with van der Waals surface area (Å²) in [4.78, 5) is 0. The van der Waals surface area contributed by atoms with Crippen molar-refractivity contribution in [1.82, 2.24) is 9.88 Å². The lowest BCUT2D eigenvalue weighted by atomic mass is 10.2. The molecule has 2 rings (SSSR count). The van der Waals surface area contributed by atoms with E-state index in [0.717, 1.165) is 17.1 Å². The molecule has 0 aliphatic rings. The lowest BCUT2D eigenvalue weighted by molar-refractivity contribution is 0.589. The monoisotopic (exact) mass is 236 g/mol. The summed E-state index contributed by atoms with van der Waals surface area (Å²) in [5.74, 6) is 0. The fourth-order valence-corrected chi connectivity index (χ4v) is 2.43. The molecule has 1 atom stereocenters. The normalized spacial score (nSPS) is 13.2. The van der Waals surface area contributed by atoms with Crippen LogP contribution in [0.15, 0.2) is 24.3 Å². The third-order valence-electron chi connectivity index (χ3n) is 3.10.